The molecule has 10 nitrogen and oxygen atoms in total. The number of aromatic nitrogens is 3. The van der Waals surface area contributed by atoms with Gasteiger partial charge in [0.15, 0.2) is 0 Å². The predicted molar refractivity (Wildman–Crippen MR) is 144 cm³/mol. The third-order valence-corrected chi connectivity index (χ3v) is 6.95. The van der Waals surface area contributed by atoms with Gasteiger partial charge in [0.25, 0.3) is 5.91 Å². The fourth-order valence-electron chi connectivity index (χ4n) is 3.73. The van der Waals surface area contributed by atoms with E-state index in [4.69, 9.17) is 4.74 Å². The summed E-state index contributed by atoms with van der Waals surface area (Å²) in [5.41, 5.74) is 1.63. The van der Waals surface area contributed by atoms with Crippen LogP contribution in [0, 0.1) is 0 Å². The number of hydrogen-bond donors (Lipinski definition) is 3. The lowest BCUT2D eigenvalue weighted by atomic mass is 10.0. The lowest BCUT2D eigenvalue weighted by molar-refractivity contribution is 0.102. The summed E-state index contributed by atoms with van der Waals surface area (Å²) in [5, 5.41) is 7.43. The van der Waals surface area contributed by atoms with E-state index in [1.807, 2.05) is 18.2 Å². The number of nitrogens with one attached hydrogen (secondary N) is 3. The molecule has 0 bridgehead atoms. The number of anilines is 3. The zero-order valence-electron chi connectivity index (χ0n) is 20.1. The number of benzene rings is 3. The van der Waals surface area contributed by atoms with E-state index in [0.717, 1.165) is 10.8 Å². The summed E-state index contributed by atoms with van der Waals surface area (Å²) < 4.78 is 32.4. The molecule has 5 rings (SSSR count). The van der Waals surface area contributed by atoms with Crippen LogP contribution >= 0.6 is 0 Å². The molecule has 0 aliphatic carbocycles. The molecule has 0 unspecified atom stereocenters. The topological polar surface area (TPSA) is 135 Å². The minimum Gasteiger partial charge on any atom is -0.439 e. The third-order valence-electron chi connectivity index (χ3n) is 5.54. The summed E-state index contributed by atoms with van der Waals surface area (Å²) in [6, 6.07) is 22.3. The fraction of sp³-hybridized carbons (Fsp3) is 0.0370. The highest BCUT2D eigenvalue weighted by Gasteiger charge is 2.13. The van der Waals surface area contributed by atoms with Gasteiger partial charge in [-0.15, -0.1) is 0 Å². The number of fused-ring (bicyclic) bond motifs is 1. The van der Waals surface area contributed by atoms with Crippen molar-refractivity contribution in [2.24, 2.45) is 0 Å². The maximum absolute atomic E-state index is 12.9. The Bertz CT molecular complexity index is 1730. The summed E-state index contributed by atoms with van der Waals surface area (Å²) in [6.45, 7) is 0. The molecule has 2 aromatic heterocycles. The van der Waals surface area contributed by atoms with Gasteiger partial charge in [-0.1, -0.05) is 18.2 Å². The Morgan fingerprint density at radius 1 is 0.895 bits per heavy atom. The lowest BCUT2D eigenvalue weighted by Gasteiger charge is -2.11. The maximum atomic E-state index is 12.9. The van der Waals surface area contributed by atoms with Crippen molar-refractivity contribution in [1.29, 1.82) is 0 Å². The predicted octanol–water partition coefficient (Wildman–Crippen LogP) is 4.72. The Labute approximate surface area is 218 Å². The van der Waals surface area contributed by atoms with Crippen LogP contribution < -0.4 is 20.1 Å². The van der Waals surface area contributed by atoms with Crippen LogP contribution in [0.1, 0.15) is 10.4 Å². The molecule has 0 atom stereocenters. The quantitative estimate of drug-likeness (QED) is 0.264. The van der Waals surface area contributed by atoms with Gasteiger partial charge in [0.1, 0.15) is 5.75 Å². The monoisotopic (exact) mass is 526 g/mol. The number of rotatable bonds is 8. The van der Waals surface area contributed by atoms with Crippen molar-refractivity contribution in [2.45, 2.75) is 4.90 Å². The van der Waals surface area contributed by atoms with E-state index >= 15 is 0 Å². The molecule has 0 fully saturated rings. The number of ether oxygens (including phenoxy) is 1. The molecule has 190 valence electrons. The van der Waals surface area contributed by atoms with Crippen LogP contribution in [-0.4, -0.2) is 36.3 Å². The number of carbonyl (C=O) groups is 1. The number of pyridine rings is 1. The Balaban J connectivity index is 1.34. The summed E-state index contributed by atoms with van der Waals surface area (Å²) in [4.78, 5) is 25.5. The first-order chi connectivity index (χ1) is 18.4. The minimum absolute atomic E-state index is 0.113. The molecule has 0 aliphatic rings. The van der Waals surface area contributed by atoms with Gasteiger partial charge in [0.2, 0.25) is 21.9 Å². The molecule has 5 aromatic rings. The van der Waals surface area contributed by atoms with Crippen molar-refractivity contribution < 1.29 is 17.9 Å². The molecule has 0 aliphatic heterocycles. The zero-order valence-corrected chi connectivity index (χ0v) is 20.9. The van der Waals surface area contributed by atoms with E-state index in [9.17, 15) is 13.2 Å². The van der Waals surface area contributed by atoms with Crippen LogP contribution in [0.25, 0.3) is 10.8 Å². The first-order valence-electron chi connectivity index (χ1n) is 11.5. The van der Waals surface area contributed by atoms with Crippen LogP contribution in [0.3, 0.4) is 0 Å². The van der Waals surface area contributed by atoms with Crippen molar-refractivity contribution in [2.75, 3.05) is 17.7 Å². The molecule has 0 saturated carbocycles. The first kappa shape index (κ1) is 24.8. The van der Waals surface area contributed by atoms with Gasteiger partial charge in [-0.2, -0.15) is 4.98 Å². The SMILES string of the molecule is CNS(=O)(=O)c1cccc(Nc2nccc(Oc3ccc4c(C(=O)Nc5cccnc5)cccc4c3)n2)c1. The van der Waals surface area contributed by atoms with Crippen molar-refractivity contribution in [1.82, 2.24) is 19.7 Å². The Morgan fingerprint density at radius 3 is 2.55 bits per heavy atom. The molecule has 11 heteroatoms. The average Bonchev–Trinajstić information content (AvgIpc) is 2.93. The second-order valence-corrected chi connectivity index (χ2v) is 9.95. The highest BCUT2D eigenvalue weighted by Crippen LogP contribution is 2.28. The molecule has 38 heavy (non-hydrogen) atoms. The van der Waals surface area contributed by atoms with E-state index in [0.29, 0.717) is 22.7 Å². The normalized spacial score (nSPS) is 11.2. The molecule has 0 spiro atoms. The molecule has 3 aromatic carbocycles. The Morgan fingerprint density at radius 2 is 1.74 bits per heavy atom. The van der Waals surface area contributed by atoms with Crippen molar-refractivity contribution in [3.8, 4) is 11.6 Å². The molecular weight excluding hydrogens is 504 g/mol. The van der Waals surface area contributed by atoms with E-state index in [1.54, 1.807) is 60.9 Å². The highest BCUT2D eigenvalue weighted by atomic mass is 32.2. The molecule has 0 radical (unpaired) electrons. The van der Waals surface area contributed by atoms with Gasteiger partial charge in [-0.05, 0) is 72.4 Å². The summed E-state index contributed by atoms with van der Waals surface area (Å²) >= 11 is 0. The maximum Gasteiger partial charge on any atom is 0.256 e. The van der Waals surface area contributed by atoms with Crippen molar-refractivity contribution in [3.05, 3.63) is 103 Å². The molecule has 3 N–H and O–H groups in total. The van der Waals surface area contributed by atoms with Crippen LogP contribution in [0.15, 0.2) is 102 Å². The van der Waals surface area contributed by atoms with Crippen LogP contribution in [0.2, 0.25) is 0 Å². The largest absolute Gasteiger partial charge is 0.439 e. The van der Waals surface area contributed by atoms with E-state index < -0.39 is 10.0 Å². The minimum atomic E-state index is -3.59. The number of hydrogen-bond acceptors (Lipinski definition) is 8. The van der Waals surface area contributed by atoms with Crippen LogP contribution in [0.5, 0.6) is 11.6 Å². The summed E-state index contributed by atoms with van der Waals surface area (Å²) in [5.74, 6) is 0.799. The van der Waals surface area contributed by atoms with Crippen molar-refractivity contribution >= 4 is 44.0 Å². The van der Waals surface area contributed by atoms with Crippen LogP contribution in [-0.2, 0) is 10.0 Å². The van der Waals surface area contributed by atoms with E-state index in [2.05, 4.69) is 30.3 Å². The van der Waals surface area contributed by atoms with Gasteiger partial charge in [-0.25, -0.2) is 18.1 Å². The number of carbonyl (C=O) groups excluding carboxylic acids is 1. The Kier molecular flexibility index (Phi) is 6.94. The van der Waals surface area contributed by atoms with Gasteiger partial charge >= 0.3 is 0 Å². The number of amides is 1. The second kappa shape index (κ2) is 10.6. The van der Waals surface area contributed by atoms with E-state index in [-0.39, 0.29) is 22.6 Å². The van der Waals surface area contributed by atoms with Gasteiger partial charge in [0.05, 0.1) is 16.8 Å². The third kappa shape index (κ3) is 5.59. The second-order valence-electron chi connectivity index (χ2n) is 8.07. The highest BCUT2D eigenvalue weighted by molar-refractivity contribution is 7.89. The standard InChI is InChI=1S/C27H22N6O4S/c1-28-38(35,36)22-8-3-6-19(16-22)32-27-30-14-12-25(33-27)37-21-10-11-23-18(15-21)5-2-9-24(23)26(34)31-20-7-4-13-29-17-20/h2-17,28H,1H3,(H,31,34)(H,30,32,33). The Hall–Kier alpha value is -4.87. The first-order valence-corrected chi connectivity index (χ1v) is 13.0. The number of nitrogens with zero attached hydrogens (tertiary/aromatic N) is 3. The molecule has 0 saturated heterocycles. The van der Waals surface area contributed by atoms with Crippen LogP contribution in [0.4, 0.5) is 17.3 Å². The summed E-state index contributed by atoms with van der Waals surface area (Å²) in [6.07, 6.45) is 4.75. The van der Waals surface area contributed by atoms with Gasteiger partial charge in [0, 0.05) is 29.7 Å². The molecular formula is C27H22N6O4S. The van der Waals surface area contributed by atoms with Crippen molar-refractivity contribution in [3.63, 3.8) is 0 Å². The molecule has 1 amide bonds. The summed E-state index contributed by atoms with van der Waals surface area (Å²) in [7, 11) is -2.24. The number of sulfonamides is 1. The zero-order chi connectivity index (χ0) is 26.5. The molecule has 2 heterocycles. The smallest absolute Gasteiger partial charge is 0.256 e. The fourth-order valence-corrected chi connectivity index (χ4v) is 4.50. The van der Waals surface area contributed by atoms with Gasteiger partial charge in [-0.3, -0.25) is 9.78 Å². The van der Waals surface area contributed by atoms with E-state index in [1.165, 1.54) is 25.4 Å². The average molecular weight is 527 g/mol. The van der Waals surface area contributed by atoms with Gasteiger partial charge < -0.3 is 15.4 Å². The lowest BCUT2D eigenvalue weighted by Crippen LogP contribution is -2.18.